The second-order valence-electron chi connectivity index (χ2n) is 5.64. The molecule has 3 aromatic rings. The van der Waals surface area contributed by atoms with Gasteiger partial charge in [0.1, 0.15) is 10.8 Å². The Morgan fingerprint density at radius 2 is 1.85 bits per heavy atom. The van der Waals surface area contributed by atoms with E-state index in [9.17, 15) is 14.3 Å². The Labute approximate surface area is 168 Å². The fraction of sp³-hybridized carbons (Fsp3) is 0.111. The molecule has 0 amide bonds. The first-order valence-electron chi connectivity index (χ1n) is 7.77. The van der Waals surface area contributed by atoms with Gasteiger partial charge in [-0.3, -0.25) is 4.79 Å². The quantitative estimate of drug-likeness (QED) is 0.629. The summed E-state index contributed by atoms with van der Waals surface area (Å²) in [4.78, 5) is 12.4. The van der Waals surface area contributed by atoms with Crippen LogP contribution in [0.15, 0.2) is 53.5 Å². The van der Waals surface area contributed by atoms with Crippen LogP contribution in [0.3, 0.4) is 0 Å². The fourth-order valence-electron chi connectivity index (χ4n) is 2.37. The smallest absolute Gasteiger partial charge is 0.292 e. The average molecular weight is 429 g/mol. The molecule has 0 fully saturated rings. The molecular formula is C18H13Cl3FN3O2. The van der Waals surface area contributed by atoms with E-state index in [2.05, 4.69) is 10.4 Å². The molecule has 0 aliphatic carbocycles. The van der Waals surface area contributed by atoms with E-state index in [1.807, 2.05) is 0 Å². The van der Waals surface area contributed by atoms with Gasteiger partial charge in [-0.15, -0.1) is 0 Å². The van der Waals surface area contributed by atoms with E-state index in [0.717, 1.165) is 10.7 Å². The maximum absolute atomic E-state index is 13.5. The third-order valence-electron chi connectivity index (χ3n) is 3.80. The number of hydrogen-bond donors (Lipinski definition) is 2. The van der Waals surface area contributed by atoms with Gasteiger partial charge in [0.25, 0.3) is 5.56 Å². The largest absolute Gasteiger partial charge is 0.387 e. The summed E-state index contributed by atoms with van der Waals surface area (Å²) >= 11 is 17.6. The zero-order chi connectivity index (χ0) is 19.6. The van der Waals surface area contributed by atoms with Crippen LogP contribution in [-0.4, -0.2) is 21.4 Å². The third-order valence-corrected chi connectivity index (χ3v) is 4.73. The first-order chi connectivity index (χ1) is 12.9. The highest BCUT2D eigenvalue weighted by molar-refractivity contribution is 6.33. The Hall–Kier alpha value is -2.12. The molecule has 0 aliphatic heterocycles. The molecule has 5 nitrogen and oxygen atoms in total. The molecule has 0 spiro atoms. The molecule has 0 aliphatic rings. The van der Waals surface area contributed by atoms with E-state index in [-0.39, 0.29) is 22.3 Å². The predicted octanol–water partition coefficient (Wildman–Crippen LogP) is 4.48. The summed E-state index contributed by atoms with van der Waals surface area (Å²) in [6.07, 6.45) is 0.333. The Morgan fingerprint density at radius 3 is 2.52 bits per heavy atom. The molecule has 0 bridgehead atoms. The highest BCUT2D eigenvalue weighted by atomic mass is 35.5. The second-order valence-corrected chi connectivity index (χ2v) is 6.86. The molecule has 3 rings (SSSR count). The Balaban J connectivity index is 1.77. The second kappa shape index (κ2) is 8.27. The van der Waals surface area contributed by atoms with Gasteiger partial charge in [-0.1, -0.05) is 40.9 Å². The third kappa shape index (κ3) is 4.42. The van der Waals surface area contributed by atoms with Crippen molar-refractivity contribution in [2.75, 3.05) is 11.9 Å². The van der Waals surface area contributed by atoms with Crippen molar-refractivity contribution in [1.29, 1.82) is 0 Å². The van der Waals surface area contributed by atoms with Crippen LogP contribution in [0.4, 0.5) is 10.1 Å². The minimum atomic E-state index is -1.04. The predicted molar refractivity (Wildman–Crippen MR) is 105 cm³/mol. The maximum atomic E-state index is 13.5. The Morgan fingerprint density at radius 1 is 1.15 bits per heavy atom. The van der Waals surface area contributed by atoms with E-state index in [1.54, 1.807) is 24.3 Å². The highest BCUT2D eigenvalue weighted by Crippen LogP contribution is 2.22. The number of anilines is 1. The van der Waals surface area contributed by atoms with Crippen LogP contribution in [0, 0.1) is 5.82 Å². The number of nitrogens with zero attached hydrogens (tertiary/aromatic N) is 2. The van der Waals surface area contributed by atoms with Gasteiger partial charge >= 0.3 is 0 Å². The first-order valence-corrected chi connectivity index (χ1v) is 8.91. The Bertz CT molecular complexity index is 1030. The van der Waals surface area contributed by atoms with Crippen molar-refractivity contribution in [1.82, 2.24) is 9.78 Å². The molecule has 27 heavy (non-hydrogen) atoms. The van der Waals surface area contributed by atoms with Gasteiger partial charge < -0.3 is 10.4 Å². The number of nitrogens with one attached hydrogen (secondary N) is 1. The van der Waals surface area contributed by atoms with Crippen molar-refractivity contribution < 1.29 is 9.50 Å². The van der Waals surface area contributed by atoms with Gasteiger partial charge in [-0.05, 0) is 42.0 Å². The molecule has 1 aromatic heterocycles. The van der Waals surface area contributed by atoms with Crippen LogP contribution in [-0.2, 0) is 0 Å². The number of hydrogen-bond acceptors (Lipinski definition) is 4. The van der Waals surface area contributed by atoms with Crippen molar-refractivity contribution >= 4 is 40.5 Å². The molecule has 0 radical (unpaired) electrons. The van der Waals surface area contributed by atoms with Crippen molar-refractivity contribution in [3.05, 3.63) is 85.5 Å². The normalized spacial score (nSPS) is 12.0. The summed E-state index contributed by atoms with van der Waals surface area (Å²) in [5.74, 6) is -0.626. The average Bonchev–Trinajstić information content (AvgIpc) is 2.66. The summed E-state index contributed by atoms with van der Waals surface area (Å²) < 4.78 is 14.6. The topological polar surface area (TPSA) is 67.2 Å². The van der Waals surface area contributed by atoms with Crippen molar-refractivity contribution in [2.24, 2.45) is 0 Å². The van der Waals surface area contributed by atoms with Gasteiger partial charge in [0.05, 0.1) is 28.7 Å². The van der Waals surface area contributed by atoms with E-state index in [0.29, 0.717) is 16.3 Å². The van der Waals surface area contributed by atoms with E-state index in [4.69, 9.17) is 34.8 Å². The maximum Gasteiger partial charge on any atom is 0.292 e. The van der Waals surface area contributed by atoms with E-state index >= 15 is 0 Å². The summed E-state index contributed by atoms with van der Waals surface area (Å²) in [5.41, 5.74) is 0.564. The van der Waals surface area contributed by atoms with Gasteiger partial charge in [0.15, 0.2) is 0 Å². The molecule has 0 saturated heterocycles. The molecule has 2 N–H and O–H groups in total. The lowest BCUT2D eigenvalue weighted by Crippen LogP contribution is -2.23. The van der Waals surface area contributed by atoms with Crippen LogP contribution < -0.4 is 10.9 Å². The van der Waals surface area contributed by atoms with Crippen LogP contribution in [0.1, 0.15) is 11.7 Å². The van der Waals surface area contributed by atoms with Crippen LogP contribution in [0.5, 0.6) is 0 Å². The number of aliphatic hydroxyl groups excluding tert-OH is 1. The Kier molecular flexibility index (Phi) is 6.01. The number of rotatable bonds is 5. The van der Waals surface area contributed by atoms with Gasteiger partial charge in [-0.25, -0.2) is 4.39 Å². The SMILES string of the molecule is O=c1c(Cl)c(NCC(O)c2ccc(Cl)c(F)c2)cnn1-c1ccc(Cl)cc1. The molecule has 0 saturated carbocycles. The zero-order valence-electron chi connectivity index (χ0n) is 13.7. The standard InChI is InChI=1S/C18H13Cl3FN3O2/c19-11-2-4-12(5-3-11)25-18(27)17(21)15(8-24-25)23-9-16(26)10-1-6-13(20)14(22)7-10/h1-8,16,23,26H,9H2. The number of halogens is 4. The van der Waals surface area contributed by atoms with Crippen LogP contribution in [0.25, 0.3) is 5.69 Å². The van der Waals surface area contributed by atoms with Gasteiger partial charge in [-0.2, -0.15) is 9.78 Å². The molecular weight excluding hydrogens is 416 g/mol. The van der Waals surface area contributed by atoms with Crippen LogP contribution >= 0.6 is 34.8 Å². The molecule has 9 heteroatoms. The molecule has 1 atom stereocenters. The van der Waals surface area contributed by atoms with E-state index < -0.39 is 17.5 Å². The number of aromatic nitrogens is 2. The lowest BCUT2D eigenvalue weighted by Gasteiger charge is -2.15. The lowest BCUT2D eigenvalue weighted by molar-refractivity contribution is 0.191. The van der Waals surface area contributed by atoms with Crippen molar-refractivity contribution in [3.8, 4) is 5.69 Å². The van der Waals surface area contributed by atoms with Crippen LogP contribution in [0.2, 0.25) is 15.1 Å². The molecule has 140 valence electrons. The number of aliphatic hydroxyl groups is 1. The first kappa shape index (κ1) is 19.6. The summed E-state index contributed by atoms with van der Waals surface area (Å²) in [5, 5.41) is 17.5. The highest BCUT2D eigenvalue weighted by Gasteiger charge is 2.14. The van der Waals surface area contributed by atoms with Gasteiger partial charge in [0.2, 0.25) is 0 Å². The monoisotopic (exact) mass is 427 g/mol. The summed E-state index contributed by atoms with van der Waals surface area (Å²) in [7, 11) is 0. The van der Waals surface area contributed by atoms with Gasteiger partial charge in [0, 0.05) is 11.6 Å². The van der Waals surface area contributed by atoms with E-state index in [1.165, 1.54) is 18.3 Å². The fourth-order valence-corrected chi connectivity index (χ4v) is 2.81. The summed E-state index contributed by atoms with van der Waals surface area (Å²) in [6, 6.07) is 10.6. The van der Waals surface area contributed by atoms with Crippen molar-refractivity contribution in [3.63, 3.8) is 0 Å². The molecule has 1 unspecified atom stereocenters. The summed E-state index contributed by atoms with van der Waals surface area (Å²) in [6.45, 7) is -0.00707. The molecule has 2 aromatic carbocycles. The zero-order valence-corrected chi connectivity index (χ0v) is 15.9. The number of benzene rings is 2. The minimum Gasteiger partial charge on any atom is -0.387 e. The minimum absolute atomic E-state index is 0.00707. The molecule has 1 heterocycles. The lowest BCUT2D eigenvalue weighted by atomic mass is 10.1. The van der Waals surface area contributed by atoms with Crippen molar-refractivity contribution in [2.45, 2.75) is 6.10 Å².